The molecule has 0 amide bonds. The number of aryl methyl sites for hydroxylation is 1. The van der Waals surface area contributed by atoms with E-state index in [-0.39, 0.29) is 23.4 Å². The normalized spacial score (nSPS) is 12.1. The number of rotatable bonds is 5. The number of nitrogen functional groups attached to an aromatic ring is 1. The van der Waals surface area contributed by atoms with Crippen LogP contribution in [0.3, 0.4) is 0 Å². The summed E-state index contributed by atoms with van der Waals surface area (Å²) >= 11 is 1.72. The fourth-order valence-electron chi connectivity index (χ4n) is 1.90. The van der Waals surface area contributed by atoms with E-state index >= 15 is 0 Å². The van der Waals surface area contributed by atoms with Gasteiger partial charge in [-0.25, -0.2) is 4.98 Å². The second kappa shape index (κ2) is 5.87. The Balaban J connectivity index is 2.12. The van der Waals surface area contributed by atoms with Crippen LogP contribution in [0, 0.1) is 17.0 Å². The number of thiophene rings is 1. The summed E-state index contributed by atoms with van der Waals surface area (Å²) in [4.78, 5) is 17.0. The summed E-state index contributed by atoms with van der Waals surface area (Å²) in [5.41, 5.74) is 5.53. The second-order valence-corrected chi connectivity index (χ2v) is 6.00. The molecule has 6 nitrogen and oxygen atoms in total. The molecule has 0 aliphatic heterocycles. The number of hydrogen-bond donors (Lipinski definition) is 2. The first-order valence-electron chi connectivity index (χ1n) is 6.18. The van der Waals surface area contributed by atoms with Crippen molar-refractivity contribution in [1.29, 1.82) is 0 Å². The molecular weight excluding hydrogens is 276 g/mol. The lowest BCUT2D eigenvalue weighted by Gasteiger charge is -2.13. The number of nitrogens with two attached hydrogens (primary N) is 1. The second-order valence-electron chi connectivity index (χ2n) is 4.62. The summed E-state index contributed by atoms with van der Waals surface area (Å²) in [6, 6.07) is 6.96. The minimum absolute atomic E-state index is 0.0287. The molecule has 1 atom stereocenters. The Bertz CT molecular complexity index is 627. The molecule has 2 aromatic heterocycles. The van der Waals surface area contributed by atoms with E-state index in [0.717, 1.165) is 6.42 Å². The number of pyridine rings is 1. The van der Waals surface area contributed by atoms with Crippen molar-refractivity contribution in [1.82, 2.24) is 4.98 Å². The molecule has 20 heavy (non-hydrogen) atoms. The zero-order chi connectivity index (χ0) is 14.7. The summed E-state index contributed by atoms with van der Waals surface area (Å²) in [6.07, 6.45) is 0.784. The summed E-state index contributed by atoms with van der Waals surface area (Å²) in [5.74, 6) is 0.480. The monoisotopic (exact) mass is 292 g/mol. The van der Waals surface area contributed by atoms with E-state index in [4.69, 9.17) is 5.73 Å². The standard InChI is InChI=1S/C13H16N4O2S/c1-8(7-10-4-3-9(2)20-10)15-13-11(17(18)19)5-6-12(14)16-13/h3-6,8H,7H2,1-2H3,(H3,14,15,16). The van der Waals surface area contributed by atoms with E-state index in [1.54, 1.807) is 11.3 Å². The molecule has 2 rings (SSSR count). The van der Waals surface area contributed by atoms with Gasteiger partial charge in [0.25, 0.3) is 0 Å². The average molecular weight is 292 g/mol. The van der Waals surface area contributed by atoms with Crippen molar-refractivity contribution in [2.24, 2.45) is 0 Å². The number of nitrogens with one attached hydrogen (secondary N) is 1. The van der Waals surface area contributed by atoms with Gasteiger partial charge in [-0.1, -0.05) is 0 Å². The van der Waals surface area contributed by atoms with Gasteiger partial charge in [-0.15, -0.1) is 11.3 Å². The van der Waals surface area contributed by atoms with Crippen LogP contribution in [-0.4, -0.2) is 15.9 Å². The van der Waals surface area contributed by atoms with Crippen molar-refractivity contribution >= 4 is 28.7 Å². The molecule has 0 aromatic carbocycles. The van der Waals surface area contributed by atoms with Crippen molar-refractivity contribution in [2.45, 2.75) is 26.3 Å². The number of hydrogen-bond acceptors (Lipinski definition) is 6. The molecule has 0 bridgehead atoms. The first-order valence-corrected chi connectivity index (χ1v) is 7.00. The van der Waals surface area contributed by atoms with Crippen LogP contribution in [0.15, 0.2) is 24.3 Å². The summed E-state index contributed by atoms with van der Waals surface area (Å²) in [5, 5.41) is 14.0. The van der Waals surface area contributed by atoms with Gasteiger partial charge in [0.2, 0.25) is 5.82 Å². The van der Waals surface area contributed by atoms with Crippen LogP contribution >= 0.6 is 11.3 Å². The molecule has 3 N–H and O–H groups in total. The van der Waals surface area contributed by atoms with E-state index in [1.807, 2.05) is 6.92 Å². The third kappa shape index (κ3) is 3.45. The van der Waals surface area contributed by atoms with Gasteiger partial charge in [0.15, 0.2) is 0 Å². The van der Waals surface area contributed by atoms with E-state index in [2.05, 4.69) is 29.4 Å². The van der Waals surface area contributed by atoms with Crippen LogP contribution in [0.1, 0.15) is 16.7 Å². The molecule has 0 saturated heterocycles. The molecule has 0 saturated carbocycles. The average Bonchev–Trinajstić information content (AvgIpc) is 2.74. The lowest BCUT2D eigenvalue weighted by atomic mass is 10.2. The van der Waals surface area contributed by atoms with Crippen LogP contribution in [-0.2, 0) is 6.42 Å². The Morgan fingerprint density at radius 2 is 2.20 bits per heavy atom. The zero-order valence-electron chi connectivity index (χ0n) is 11.3. The maximum absolute atomic E-state index is 11.0. The first kappa shape index (κ1) is 14.3. The molecule has 0 aliphatic rings. The van der Waals surface area contributed by atoms with Crippen molar-refractivity contribution in [3.63, 3.8) is 0 Å². The van der Waals surface area contributed by atoms with E-state index in [1.165, 1.54) is 21.9 Å². The Kier molecular flexibility index (Phi) is 4.19. The fourth-order valence-corrected chi connectivity index (χ4v) is 2.92. The van der Waals surface area contributed by atoms with Gasteiger partial charge in [-0.2, -0.15) is 0 Å². The zero-order valence-corrected chi connectivity index (χ0v) is 12.1. The van der Waals surface area contributed by atoms with Gasteiger partial charge in [0.1, 0.15) is 5.82 Å². The SMILES string of the molecule is Cc1ccc(CC(C)Nc2nc(N)ccc2[N+](=O)[O-])s1. The molecule has 0 fully saturated rings. The summed E-state index contributed by atoms with van der Waals surface area (Å²) < 4.78 is 0. The largest absolute Gasteiger partial charge is 0.384 e. The Morgan fingerprint density at radius 1 is 1.45 bits per heavy atom. The maximum atomic E-state index is 11.0. The van der Waals surface area contributed by atoms with Crippen LogP contribution < -0.4 is 11.1 Å². The number of anilines is 2. The molecule has 1 unspecified atom stereocenters. The smallest absolute Gasteiger partial charge is 0.311 e. The predicted molar refractivity (Wildman–Crippen MR) is 81.1 cm³/mol. The Morgan fingerprint density at radius 3 is 2.80 bits per heavy atom. The van der Waals surface area contributed by atoms with E-state index in [0.29, 0.717) is 0 Å². The highest BCUT2D eigenvalue weighted by atomic mass is 32.1. The first-order chi connectivity index (χ1) is 9.45. The summed E-state index contributed by atoms with van der Waals surface area (Å²) in [6.45, 7) is 4.01. The van der Waals surface area contributed by atoms with Crippen molar-refractivity contribution < 1.29 is 4.92 Å². The molecule has 0 spiro atoms. The molecule has 0 aliphatic carbocycles. The molecular formula is C13H16N4O2S. The number of nitrogens with zero attached hydrogens (tertiary/aromatic N) is 2. The summed E-state index contributed by atoms with van der Waals surface area (Å²) in [7, 11) is 0. The predicted octanol–water partition coefficient (Wildman–Crippen LogP) is 2.99. The van der Waals surface area contributed by atoms with Crippen LogP contribution in [0.5, 0.6) is 0 Å². The van der Waals surface area contributed by atoms with Crippen molar-refractivity contribution in [3.8, 4) is 0 Å². The third-order valence-corrected chi connectivity index (χ3v) is 3.80. The minimum atomic E-state index is -0.462. The fraction of sp³-hybridized carbons (Fsp3) is 0.308. The Labute approximate surface area is 120 Å². The lowest BCUT2D eigenvalue weighted by Crippen LogP contribution is -2.19. The maximum Gasteiger partial charge on any atom is 0.311 e. The highest BCUT2D eigenvalue weighted by Crippen LogP contribution is 2.25. The molecule has 2 heterocycles. The van der Waals surface area contributed by atoms with E-state index in [9.17, 15) is 10.1 Å². The number of nitro groups is 1. The van der Waals surface area contributed by atoms with Crippen LogP contribution in [0.25, 0.3) is 0 Å². The minimum Gasteiger partial charge on any atom is -0.384 e. The third-order valence-electron chi connectivity index (χ3n) is 2.78. The highest BCUT2D eigenvalue weighted by Gasteiger charge is 2.17. The van der Waals surface area contributed by atoms with Crippen molar-refractivity contribution in [3.05, 3.63) is 44.1 Å². The van der Waals surface area contributed by atoms with Gasteiger partial charge in [-0.05, 0) is 32.0 Å². The van der Waals surface area contributed by atoms with E-state index < -0.39 is 4.92 Å². The van der Waals surface area contributed by atoms with Gasteiger partial charge >= 0.3 is 5.69 Å². The van der Waals surface area contributed by atoms with Gasteiger partial charge < -0.3 is 11.1 Å². The van der Waals surface area contributed by atoms with Gasteiger partial charge in [0.05, 0.1) is 4.92 Å². The van der Waals surface area contributed by atoms with Crippen molar-refractivity contribution in [2.75, 3.05) is 11.1 Å². The Hall–Kier alpha value is -2.15. The topological polar surface area (TPSA) is 94.1 Å². The number of aromatic nitrogens is 1. The van der Waals surface area contributed by atoms with Crippen LogP contribution in [0.2, 0.25) is 0 Å². The quantitative estimate of drug-likeness (QED) is 0.652. The molecule has 7 heteroatoms. The molecule has 2 aromatic rings. The highest BCUT2D eigenvalue weighted by molar-refractivity contribution is 7.11. The molecule has 106 valence electrons. The van der Waals surface area contributed by atoms with Crippen LogP contribution in [0.4, 0.5) is 17.3 Å². The van der Waals surface area contributed by atoms with Gasteiger partial charge in [0, 0.05) is 28.3 Å². The van der Waals surface area contributed by atoms with Gasteiger partial charge in [-0.3, -0.25) is 10.1 Å². The lowest BCUT2D eigenvalue weighted by molar-refractivity contribution is -0.384. The molecule has 0 radical (unpaired) electrons.